The molecule has 1 amide bonds. The summed E-state index contributed by atoms with van der Waals surface area (Å²) in [5.41, 5.74) is 4.19. The van der Waals surface area contributed by atoms with Crippen molar-refractivity contribution in [1.29, 1.82) is 5.26 Å². The van der Waals surface area contributed by atoms with Crippen molar-refractivity contribution in [2.24, 2.45) is 0 Å². The molecule has 1 heterocycles. The van der Waals surface area contributed by atoms with Crippen molar-refractivity contribution < 1.29 is 9.53 Å². The molecular formula is C21H28N4O2. The molecule has 0 fully saturated rings. The lowest BCUT2D eigenvalue weighted by Gasteiger charge is -2.21. The Morgan fingerprint density at radius 2 is 2.00 bits per heavy atom. The molecule has 1 aromatic heterocycles. The minimum Gasteiger partial charge on any atom is -0.497 e. The van der Waals surface area contributed by atoms with E-state index >= 15 is 0 Å². The highest BCUT2D eigenvalue weighted by Crippen LogP contribution is 2.17. The van der Waals surface area contributed by atoms with Gasteiger partial charge in [-0.25, -0.2) is 0 Å². The third-order valence-electron chi connectivity index (χ3n) is 4.82. The van der Waals surface area contributed by atoms with Crippen LogP contribution < -0.4 is 4.74 Å². The number of ether oxygens (including phenoxy) is 1. The number of nitrogens with zero attached hydrogens (tertiary/aromatic N) is 4. The van der Waals surface area contributed by atoms with E-state index in [9.17, 15) is 4.79 Å². The summed E-state index contributed by atoms with van der Waals surface area (Å²) in [6, 6.07) is 9.95. The van der Waals surface area contributed by atoms with Crippen LogP contribution in [-0.4, -0.2) is 34.2 Å². The van der Waals surface area contributed by atoms with Crippen molar-refractivity contribution in [3.63, 3.8) is 0 Å². The van der Waals surface area contributed by atoms with E-state index < -0.39 is 0 Å². The molecule has 0 spiro atoms. The van der Waals surface area contributed by atoms with Crippen molar-refractivity contribution in [3.8, 4) is 11.8 Å². The average Bonchev–Trinajstić information content (AvgIpc) is 2.95. The third kappa shape index (κ3) is 5.33. The van der Waals surface area contributed by atoms with Gasteiger partial charge in [-0.15, -0.1) is 0 Å². The van der Waals surface area contributed by atoms with Gasteiger partial charge in [-0.05, 0) is 50.5 Å². The van der Waals surface area contributed by atoms with Crippen LogP contribution >= 0.6 is 0 Å². The number of aryl methyl sites for hydroxylation is 2. The normalized spacial score (nSPS) is 10.5. The highest BCUT2D eigenvalue weighted by molar-refractivity contribution is 5.76. The van der Waals surface area contributed by atoms with E-state index in [1.165, 1.54) is 0 Å². The molecule has 0 radical (unpaired) electrons. The minimum atomic E-state index is 0.136. The first-order valence-electron chi connectivity index (χ1n) is 9.30. The number of amides is 1. The van der Waals surface area contributed by atoms with E-state index in [4.69, 9.17) is 10.00 Å². The van der Waals surface area contributed by atoms with Gasteiger partial charge in [0.2, 0.25) is 5.91 Å². The van der Waals surface area contributed by atoms with Gasteiger partial charge >= 0.3 is 0 Å². The lowest BCUT2D eigenvalue weighted by atomic mass is 10.1. The summed E-state index contributed by atoms with van der Waals surface area (Å²) >= 11 is 0. The smallest absolute Gasteiger partial charge is 0.223 e. The van der Waals surface area contributed by atoms with Crippen LogP contribution in [-0.2, 0) is 24.3 Å². The first kappa shape index (κ1) is 20.5. The molecule has 6 nitrogen and oxygen atoms in total. The van der Waals surface area contributed by atoms with E-state index in [1.807, 2.05) is 54.6 Å². The number of hydrogen-bond acceptors (Lipinski definition) is 4. The number of hydrogen-bond donors (Lipinski definition) is 0. The summed E-state index contributed by atoms with van der Waals surface area (Å²) in [4.78, 5) is 14.6. The fourth-order valence-corrected chi connectivity index (χ4v) is 3.19. The fraction of sp³-hybridized carbons (Fsp3) is 0.476. The second-order valence-corrected chi connectivity index (χ2v) is 6.54. The Morgan fingerprint density at radius 1 is 1.30 bits per heavy atom. The van der Waals surface area contributed by atoms with Gasteiger partial charge in [0.15, 0.2) is 0 Å². The minimum absolute atomic E-state index is 0.136. The lowest BCUT2D eigenvalue weighted by molar-refractivity contribution is -0.131. The number of carbonyl (C=O) groups is 1. The van der Waals surface area contributed by atoms with Crippen LogP contribution in [0.15, 0.2) is 24.3 Å². The zero-order valence-corrected chi connectivity index (χ0v) is 16.7. The van der Waals surface area contributed by atoms with Gasteiger partial charge in [0.25, 0.3) is 0 Å². The molecule has 2 rings (SSSR count). The van der Waals surface area contributed by atoms with E-state index in [0.717, 1.165) is 28.3 Å². The molecule has 0 aliphatic carbocycles. The highest BCUT2D eigenvalue weighted by atomic mass is 16.5. The Hall–Kier alpha value is -2.81. The maximum atomic E-state index is 12.7. The summed E-state index contributed by atoms with van der Waals surface area (Å²) in [5, 5.41) is 13.3. The summed E-state index contributed by atoms with van der Waals surface area (Å²) in [6.45, 7) is 7.83. The second kappa shape index (κ2) is 9.77. The number of methoxy groups -OCH3 is 1. The Morgan fingerprint density at radius 3 is 2.59 bits per heavy atom. The molecule has 0 bridgehead atoms. The van der Waals surface area contributed by atoms with E-state index in [1.54, 1.807) is 7.11 Å². The molecule has 1 aromatic carbocycles. The van der Waals surface area contributed by atoms with Gasteiger partial charge in [-0.1, -0.05) is 12.1 Å². The first-order chi connectivity index (χ1) is 13.0. The number of rotatable bonds is 9. The van der Waals surface area contributed by atoms with Gasteiger partial charge in [0, 0.05) is 25.2 Å². The van der Waals surface area contributed by atoms with Crippen molar-refractivity contribution in [3.05, 3.63) is 46.8 Å². The molecule has 0 N–H and O–H groups in total. The van der Waals surface area contributed by atoms with Crippen molar-refractivity contribution in [2.45, 2.75) is 53.1 Å². The maximum Gasteiger partial charge on any atom is 0.223 e. The lowest BCUT2D eigenvalue weighted by Crippen LogP contribution is -2.30. The predicted octanol–water partition coefficient (Wildman–Crippen LogP) is 3.40. The van der Waals surface area contributed by atoms with Crippen LogP contribution in [0.2, 0.25) is 0 Å². The summed E-state index contributed by atoms with van der Waals surface area (Å²) < 4.78 is 7.05. The van der Waals surface area contributed by atoms with Gasteiger partial charge < -0.3 is 9.64 Å². The predicted molar refractivity (Wildman–Crippen MR) is 104 cm³/mol. The summed E-state index contributed by atoms with van der Waals surface area (Å²) in [7, 11) is 1.64. The molecule has 0 saturated carbocycles. The van der Waals surface area contributed by atoms with Gasteiger partial charge in [0.1, 0.15) is 5.75 Å². The SMILES string of the molecule is CCN(Cc1ccc(OC)cc1)C(=O)CCc1c(C)nn(CCC#N)c1C. The van der Waals surface area contributed by atoms with Crippen molar-refractivity contribution in [2.75, 3.05) is 13.7 Å². The number of aromatic nitrogens is 2. The van der Waals surface area contributed by atoms with Crippen LogP contribution in [0.4, 0.5) is 0 Å². The molecule has 0 aliphatic rings. The zero-order chi connectivity index (χ0) is 19.8. The Labute approximate surface area is 161 Å². The van der Waals surface area contributed by atoms with Crippen LogP contribution in [0, 0.1) is 25.2 Å². The van der Waals surface area contributed by atoms with Gasteiger partial charge in [0.05, 0.1) is 31.8 Å². The van der Waals surface area contributed by atoms with Gasteiger partial charge in [-0.3, -0.25) is 9.48 Å². The average molecular weight is 368 g/mol. The van der Waals surface area contributed by atoms with Crippen LogP contribution in [0.25, 0.3) is 0 Å². The largest absolute Gasteiger partial charge is 0.497 e. The molecule has 0 aliphatic heterocycles. The molecule has 0 atom stereocenters. The topological polar surface area (TPSA) is 71.2 Å². The summed E-state index contributed by atoms with van der Waals surface area (Å²) in [5.74, 6) is 0.948. The standard InChI is InChI=1S/C21H28N4O2/c1-5-24(15-18-7-9-19(27-4)10-8-18)21(26)12-11-20-16(2)23-25(17(20)3)14-6-13-22/h7-10H,5-6,11-12,14-15H2,1-4H3. The molecular weight excluding hydrogens is 340 g/mol. The first-order valence-corrected chi connectivity index (χ1v) is 9.30. The number of benzene rings is 1. The zero-order valence-electron chi connectivity index (χ0n) is 16.7. The maximum absolute atomic E-state index is 12.7. The van der Waals surface area contributed by atoms with Gasteiger partial charge in [-0.2, -0.15) is 10.4 Å². The molecule has 6 heteroatoms. The quantitative estimate of drug-likeness (QED) is 0.680. The van der Waals surface area contributed by atoms with Crippen LogP contribution in [0.5, 0.6) is 5.75 Å². The molecule has 27 heavy (non-hydrogen) atoms. The van der Waals surface area contributed by atoms with Crippen LogP contribution in [0.1, 0.15) is 42.3 Å². The van der Waals surface area contributed by atoms with E-state index in [2.05, 4.69) is 11.2 Å². The van der Waals surface area contributed by atoms with Crippen molar-refractivity contribution in [1.82, 2.24) is 14.7 Å². The van der Waals surface area contributed by atoms with Crippen LogP contribution in [0.3, 0.4) is 0 Å². The highest BCUT2D eigenvalue weighted by Gasteiger charge is 2.16. The van der Waals surface area contributed by atoms with E-state index in [0.29, 0.717) is 38.9 Å². The number of nitriles is 1. The summed E-state index contributed by atoms with van der Waals surface area (Å²) in [6.07, 6.45) is 1.56. The molecule has 144 valence electrons. The van der Waals surface area contributed by atoms with Crippen molar-refractivity contribution >= 4 is 5.91 Å². The Bertz CT molecular complexity index is 803. The molecule has 0 saturated heterocycles. The monoisotopic (exact) mass is 368 g/mol. The fourth-order valence-electron chi connectivity index (χ4n) is 3.19. The number of carbonyl (C=O) groups excluding carboxylic acids is 1. The Balaban J connectivity index is 1.98. The molecule has 2 aromatic rings. The Kier molecular flexibility index (Phi) is 7.42. The molecule has 0 unspecified atom stereocenters. The third-order valence-corrected chi connectivity index (χ3v) is 4.82. The van der Waals surface area contributed by atoms with E-state index in [-0.39, 0.29) is 5.91 Å². The second-order valence-electron chi connectivity index (χ2n) is 6.54.